The molecule has 0 aliphatic rings. The van der Waals surface area contributed by atoms with Crippen molar-refractivity contribution in [3.05, 3.63) is 24.2 Å². The maximum atomic E-state index is 11.5. The van der Waals surface area contributed by atoms with Gasteiger partial charge in [-0.3, -0.25) is 10.1 Å². The Morgan fingerprint density at radius 3 is 2.72 bits per heavy atom. The molecule has 7 heteroatoms. The number of carbonyl (C=O) groups excluding carboxylic acids is 3. The van der Waals surface area contributed by atoms with Crippen LogP contribution >= 0.6 is 0 Å². The second-order valence-electron chi connectivity index (χ2n) is 3.37. The van der Waals surface area contributed by atoms with Gasteiger partial charge in [-0.1, -0.05) is 0 Å². The van der Waals surface area contributed by atoms with Gasteiger partial charge in [-0.25, -0.2) is 9.59 Å². The smallest absolute Gasteiger partial charge is 0.374 e. The molecule has 7 nitrogen and oxygen atoms in total. The number of nitrogens with one attached hydrogen (secondary N) is 2. The van der Waals surface area contributed by atoms with Gasteiger partial charge < -0.3 is 14.5 Å². The summed E-state index contributed by atoms with van der Waals surface area (Å²) in [7, 11) is 0. The van der Waals surface area contributed by atoms with E-state index in [0.717, 1.165) is 0 Å². The van der Waals surface area contributed by atoms with Gasteiger partial charge in [0.2, 0.25) is 5.76 Å². The minimum absolute atomic E-state index is 0.00680. The number of furan rings is 1. The first kappa shape index (κ1) is 13.8. The van der Waals surface area contributed by atoms with Gasteiger partial charge in [0.05, 0.1) is 6.26 Å². The molecule has 0 bridgehead atoms. The fourth-order valence-electron chi connectivity index (χ4n) is 1.09. The van der Waals surface area contributed by atoms with Crippen molar-refractivity contribution >= 4 is 17.9 Å². The predicted molar refractivity (Wildman–Crippen MR) is 60.8 cm³/mol. The van der Waals surface area contributed by atoms with E-state index in [9.17, 15) is 14.4 Å². The molecule has 0 fully saturated rings. The molecule has 1 rings (SSSR count). The van der Waals surface area contributed by atoms with E-state index in [2.05, 4.69) is 5.32 Å². The van der Waals surface area contributed by atoms with Crippen molar-refractivity contribution < 1.29 is 23.5 Å². The van der Waals surface area contributed by atoms with Crippen molar-refractivity contribution in [2.24, 2.45) is 0 Å². The highest BCUT2D eigenvalue weighted by Crippen LogP contribution is 2.04. The molecule has 1 atom stereocenters. The van der Waals surface area contributed by atoms with Crippen LogP contribution in [0.25, 0.3) is 0 Å². The summed E-state index contributed by atoms with van der Waals surface area (Å²) in [5.74, 6) is -1.48. The number of amides is 3. The minimum atomic E-state index is -1.09. The van der Waals surface area contributed by atoms with Crippen LogP contribution in [0.5, 0.6) is 0 Å². The Bertz CT molecular complexity index is 427. The third-order valence-electron chi connectivity index (χ3n) is 1.95. The maximum Gasteiger partial charge on any atom is 0.374 e. The molecular formula is C11H14N2O5. The molecule has 1 aromatic heterocycles. The van der Waals surface area contributed by atoms with Gasteiger partial charge in [0.15, 0.2) is 6.10 Å². The van der Waals surface area contributed by atoms with Crippen LogP contribution in [0.1, 0.15) is 24.4 Å². The van der Waals surface area contributed by atoms with Crippen molar-refractivity contribution in [1.82, 2.24) is 10.6 Å². The lowest BCUT2D eigenvalue weighted by Crippen LogP contribution is -2.44. The van der Waals surface area contributed by atoms with Crippen LogP contribution in [0.3, 0.4) is 0 Å². The maximum absolute atomic E-state index is 11.5. The van der Waals surface area contributed by atoms with Gasteiger partial charge in [-0.2, -0.15) is 0 Å². The van der Waals surface area contributed by atoms with E-state index in [0.29, 0.717) is 6.54 Å². The zero-order chi connectivity index (χ0) is 13.5. The monoisotopic (exact) mass is 254 g/mol. The number of urea groups is 1. The molecule has 0 saturated heterocycles. The van der Waals surface area contributed by atoms with E-state index >= 15 is 0 Å². The summed E-state index contributed by atoms with van der Waals surface area (Å²) in [4.78, 5) is 34.0. The van der Waals surface area contributed by atoms with E-state index in [1.807, 2.05) is 5.32 Å². The average Bonchev–Trinajstić information content (AvgIpc) is 2.82. The number of hydrogen-bond donors (Lipinski definition) is 2. The Morgan fingerprint density at radius 1 is 1.44 bits per heavy atom. The Morgan fingerprint density at radius 2 is 2.17 bits per heavy atom. The van der Waals surface area contributed by atoms with Crippen LogP contribution in [0.15, 0.2) is 22.8 Å². The summed E-state index contributed by atoms with van der Waals surface area (Å²) in [5.41, 5.74) is 0. The molecule has 0 aliphatic heterocycles. The van der Waals surface area contributed by atoms with Crippen LogP contribution in [-0.2, 0) is 9.53 Å². The molecule has 3 amide bonds. The van der Waals surface area contributed by atoms with E-state index in [4.69, 9.17) is 9.15 Å². The number of esters is 1. The van der Waals surface area contributed by atoms with Crippen LogP contribution in [-0.4, -0.2) is 30.6 Å². The first-order chi connectivity index (χ1) is 8.54. The lowest BCUT2D eigenvalue weighted by molar-refractivity contribution is -0.128. The van der Waals surface area contributed by atoms with Gasteiger partial charge in [0.25, 0.3) is 5.91 Å². The summed E-state index contributed by atoms with van der Waals surface area (Å²) >= 11 is 0. The summed E-state index contributed by atoms with van der Waals surface area (Å²) in [6.45, 7) is 3.46. The second-order valence-corrected chi connectivity index (χ2v) is 3.37. The normalized spacial score (nSPS) is 11.4. The number of ether oxygens (including phenoxy) is 1. The summed E-state index contributed by atoms with van der Waals surface area (Å²) < 4.78 is 9.62. The van der Waals surface area contributed by atoms with Crippen LogP contribution in [0.2, 0.25) is 0 Å². The first-order valence-electron chi connectivity index (χ1n) is 5.37. The largest absolute Gasteiger partial charge is 0.457 e. The highest BCUT2D eigenvalue weighted by Gasteiger charge is 2.21. The molecule has 1 aromatic rings. The van der Waals surface area contributed by atoms with Gasteiger partial charge in [-0.05, 0) is 26.0 Å². The lowest BCUT2D eigenvalue weighted by atomic mass is 10.3. The average molecular weight is 254 g/mol. The molecule has 1 heterocycles. The van der Waals surface area contributed by atoms with Crippen LogP contribution in [0.4, 0.5) is 4.79 Å². The molecule has 1 unspecified atom stereocenters. The Labute approximate surface area is 103 Å². The van der Waals surface area contributed by atoms with E-state index in [-0.39, 0.29) is 5.76 Å². The predicted octanol–water partition coefficient (Wildman–Crippen LogP) is 0.671. The lowest BCUT2D eigenvalue weighted by Gasteiger charge is -2.11. The van der Waals surface area contributed by atoms with Crippen LogP contribution in [0, 0.1) is 0 Å². The third-order valence-corrected chi connectivity index (χ3v) is 1.95. The van der Waals surface area contributed by atoms with Crippen molar-refractivity contribution in [3.8, 4) is 0 Å². The molecule has 0 aliphatic carbocycles. The zero-order valence-corrected chi connectivity index (χ0v) is 10.1. The Kier molecular flexibility index (Phi) is 4.91. The number of hydrogen-bond acceptors (Lipinski definition) is 5. The molecule has 0 aromatic carbocycles. The fourth-order valence-corrected chi connectivity index (χ4v) is 1.09. The zero-order valence-electron chi connectivity index (χ0n) is 10.1. The van der Waals surface area contributed by atoms with Crippen molar-refractivity contribution in [2.45, 2.75) is 20.0 Å². The molecular weight excluding hydrogens is 240 g/mol. The third kappa shape index (κ3) is 3.93. The van der Waals surface area contributed by atoms with Crippen LogP contribution < -0.4 is 10.6 Å². The van der Waals surface area contributed by atoms with Gasteiger partial charge in [0, 0.05) is 6.54 Å². The minimum Gasteiger partial charge on any atom is -0.457 e. The Hall–Kier alpha value is -2.31. The van der Waals surface area contributed by atoms with E-state index in [1.165, 1.54) is 25.3 Å². The number of carbonyl (C=O) groups is 3. The first-order valence-corrected chi connectivity index (χ1v) is 5.37. The molecule has 18 heavy (non-hydrogen) atoms. The fraction of sp³-hybridized carbons (Fsp3) is 0.364. The number of imide groups is 1. The summed E-state index contributed by atoms with van der Waals surface area (Å²) in [6, 6.07) is 2.30. The van der Waals surface area contributed by atoms with Gasteiger partial charge in [0.1, 0.15) is 0 Å². The Balaban J connectivity index is 2.45. The van der Waals surface area contributed by atoms with Crippen molar-refractivity contribution in [1.29, 1.82) is 0 Å². The van der Waals surface area contributed by atoms with Gasteiger partial charge >= 0.3 is 12.0 Å². The van der Waals surface area contributed by atoms with E-state index in [1.54, 1.807) is 6.92 Å². The topological polar surface area (TPSA) is 97.6 Å². The summed E-state index contributed by atoms with van der Waals surface area (Å²) in [6.07, 6.45) is 0.223. The summed E-state index contributed by atoms with van der Waals surface area (Å²) in [5, 5.41) is 4.42. The van der Waals surface area contributed by atoms with E-state index < -0.39 is 24.0 Å². The van der Waals surface area contributed by atoms with Gasteiger partial charge in [-0.15, -0.1) is 0 Å². The highest BCUT2D eigenvalue weighted by atomic mass is 16.6. The molecule has 0 spiro atoms. The quantitative estimate of drug-likeness (QED) is 0.769. The van der Waals surface area contributed by atoms with Crippen molar-refractivity contribution in [3.63, 3.8) is 0 Å². The number of rotatable bonds is 4. The molecule has 0 saturated carbocycles. The standard InChI is InChI=1S/C11H14N2O5/c1-3-12-11(16)13-9(14)7(2)18-10(15)8-5-4-6-17-8/h4-7H,3H2,1-2H3,(H2,12,13,14,16). The second kappa shape index (κ2) is 6.43. The highest BCUT2D eigenvalue weighted by molar-refractivity contribution is 5.98. The molecule has 0 radical (unpaired) electrons. The SMILES string of the molecule is CCNC(=O)NC(=O)C(C)OC(=O)c1ccco1. The van der Waals surface area contributed by atoms with Crippen molar-refractivity contribution in [2.75, 3.05) is 6.54 Å². The molecule has 2 N–H and O–H groups in total. The molecule has 98 valence electrons.